The van der Waals surface area contributed by atoms with E-state index in [0.29, 0.717) is 11.5 Å². The zero-order chi connectivity index (χ0) is 17.7. The van der Waals surface area contributed by atoms with Crippen LogP contribution in [-0.2, 0) is 4.79 Å². The fraction of sp³-hybridized carbons (Fsp3) is 0.316. The van der Waals surface area contributed by atoms with Crippen LogP contribution >= 0.6 is 12.4 Å². The number of nitrogens with one attached hydrogen (secondary N) is 1. The smallest absolute Gasteiger partial charge is 0.241 e. The molecule has 0 radical (unpaired) electrons. The molecule has 0 fully saturated rings. The monoisotopic (exact) mass is 364 g/mol. The summed E-state index contributed by atoms with van der Waals surface area (Å²) in [6, 6.07) is 12.3. The lowest BCUT2D eigenvalue weighted by Gasteiger charge is -2.19. The van der Waals surface area contributed by atoms with Gasteiger partial charge in [-0.1, -0.05) is 35.9 Å². The number of nitrogens with two attached hydrogens (primary N) is 1. The third-order valence-electron chi connectivity index (χ3n) is 3.99. The molecule has 0 saturated carbocycles. The predicted octanol–water partition coefficient (Wildman–Crippen LogP) is 3.31. The van der Waals surface area contributed by atoms with Crippen molar-refractivity contribution >= 4 is 18.3 Å². The summed E-state index contributed by atoms with van der Waals surface area (Å²) in [5, 5.41) is 2.94. The molecule has 0 aromatic heterocycles. The van der Waals surface area contributed by atoms with E-state index in [0.717, 1.165) is 16.7 Å². The van der Waals surface area contributed by atoms with Crippen LogP contribution in [0.15, 0.2) is 42.5 Å². The normalized spacial score (nSPS) is 12.5. The number of benzene rings is 2. The van der Waals surface area contributed by atoms with Crippen LogP contribution in [0.3, 0.4) is 0 Å². The summed E-state index contributed by atoms with van der Waals surface area (Å²) in [7, 11) is 3.17. The topological polar surface area (TPSA) is 73.6 Å². The molecule has 1 amide bonds. The number of carbonyl (C=O) groups is 1. The summed E-state index contributed by atoms with van der Waals surface area (Å²) >= 11 is 0. The fourth-order valence-corrected chi connectivity index (χ4v) is 2.43. The lowest BCUT2D eigenvalue weighted by Crippen LogP contribution is -2.35. The molecule has 0 aliphatic rings. The van der Waals surface area contributed by atoms with E-state index in [9.17, 15) is 4.79 Å². The molecular formula is C19H25ClN2O3. The number of aryl methyl sites for hydroxylation is 1. The first-order chi connectivity index (χ1) is 11.5. The van der Waals surface area contributed by atoms with Gasteiger partial charge in [-0.2, -0.15) is 0 Å². The van der Waals surface area contributed by atoms with Crippen LogP contribution in [0.25, 0.3) is 0 Å². The first kappa shape index (κ1) is 20.8. The van der Waals surface area contributed by atoms with Crippen molar-refractivity contribution in [2.45, 2.75) is 25.9 Å². The van der Waals surface area contributed by atoms with Gasteiger partial charge in [0.05, 0.1) is 20.3 Å². The molecular weight excluding hydrogens is 340 g/mol. The number of amides is 1. The molecule has 136 valence electrons. The molecule has 2 atom stereocenters. The van der Waals surface area contributed by atoms with Crippen molar-refractivity contribution in [1.29, 1.82) is 0 Å². The Morgan fingerprint density at radius 3 is 2.12 bits per heavy atom. The van der Waals surface area contributed by atoms with Gasteiger partial charge < -0.3 is 20.5 Å². The summed E-state index contributed by atoms with van der Waals surface area (Å²) in [6.45, 7) is 3.90. The summed E-state index contributed by atoms with van der Waals surface area (Å²) in [6.07, 6.45) is 0. The van der Waals surface area contributed by atoms with E-state index < -0.39 is 6.04 Å². The molecule has 0 aliphatic heterocycles. The van der Waals surface area contributed by atoms with Gasteiger partial charge in [0.2, 0.25) is 5.91 Å². The first-order valence-electron chi connectivity index (χ1n) is 7.80. The number of hydrogen-bond acceptors (Lipinski definition) is 4. The van der Waals surface area contributed by atoms with Gasteiger partial charge >= 0.3 is 0 Å². The van der Waals surface area contributed by atoms with Crippen LogP contribution in [0, 0.1) is 6.92 Å². The maximum atomic E-state index is 12.4. The molecule has 5 nitrogen and oxygen atoms in total. The van der Waals surface area contributed by atoms with Crippen molar-refractivity contribution in [3.05, 3.63) is 59.2 Å². The molecule has 25 heavy (non-hydrogen) atoms. The van der Waals surface area contributed by atoms with Crippen molar-refractivity contribution < 1.29 is 14.3 Å². The van der Waals surface area contributed by atoms with Crippen molar-refractivity contribution in [2.24, 2.45) is 5.73 Å². The zero-order valence-corrected chi connectivity index (χ0v) is 15.7. The van der Waals surface area contributed by atoms with Gasteiger partial charge in [-0.3, -0.25) is 4.79 Å². The Labute approximate surface area is 154 Å². The third-order valence-corrected chi connectivity index (χ3v) is 3.99. The number of carbonyl (C=O) groups excluding carboxylic acids is 1. The zero-order valence-electron chi connectivity index (χ0n) is 14.9. The van der Waals surface area contributed by atoms with Gasteiger partial charge in [0.15, 0.2) is 11.5 Å². The number of hydrogen-bond donors (Lipinski definition) is 2. The molecule has 0 saturated heterocycles. The van der Waals surface area contributed by atoms with Crippen LogP contribution in [0.2, 0.25) is 0 Å². The highest BCUT2D eigenvalue weighted by Gasteiger charge is 2.19. The lowest BCUT2D eigenvalue weighted by atomic mass is 10.0. The van der Waals surface area contributed by atoms with E-state index in [4.69, 9.17) is 15.2 Å². The molecule has 2 aromatic carbocycles. The predicted molar refractivity (Wildman–Crippen MR) is 101 cm³/mol. The highest BCUT2D eigenvalue weighted by molar-refractivity contribution is 5.85. The Balaban J connectivity index is 0.00000312. The fourth-order valence-electron chi connectivity index (χ4n) is 2.43. The van der Waals surface area contributed by atoms with Crippen LogP contribution in [-0.4, -0.2) is 20.1 Å². The van der Waals surface area contributed by atoms with Gasteiger partial charge in [-0.15, -0.1) is 12.4 Å². The molecule has 2 unspecified atom stereocenters. The highest BCUT2D eigenvalue weighted by Crippen LogP contribution is 2.30. The largest absolute Gasteiger partial charge is 0.493 e. The Bertz CT molecular complexity index is 704. The second-order valence-electron chi connectivity index (χ2n) is 5.73. The van der Waals surface area contributed by atoms with E-state index >= 15 is 0 Å². The standard InChI is InChI=1S/C19H24N2O3.ClH/c1-12-5-7-14(8-6-12)18(20)19(22)21-13(2)15-9-10-16(23-3)17(11-15)24-4;/h5-11,13,18H,20H2,1-4H3,(H,21,22);1H. The Hall–Kier alpha value is -2.24. The molecule has 2 aromatic rings. The van der Waals surface area contributed by atoms with Crippen LogP contribution in [0.5, 0.6) is 11.5 Å². The van der Waals surface area contributed by atoms with Crippen LogP contribution in [0.1, 0.15) is 35.7 Å². The molecule has 0 aliphatic carbocycles. The van der Waals surface area contributed by atoms with Crippen molar-refractivity contribution in [2.75, 3.05) is 14.2 Å². The maximum Gasteiger partial charge on any atom is 0.241 e. The van der Waals surface area contributed by atoms with E-state index in [1.807, 2.05) is 56.3 Å². The number of ether oxygens (including phenoxy) is 2. The van der Waals surface area contributed by atoms with Crippen molar-refractivity contribution in [3.63, 3.8) is 0 Å². The van der Waals surface area contributed by atoms with E-state index in [-0.39, 0.29) is 24.4 Å². The van der Waals surface area contributed by atoms with Crippen molar-refractivity contribution in [3.8, 4) is 11.5 Å². The quantitative estimate of drug-likeness (QED) is 0.824. The molecule has 0 spiro atoms. The summed E-state index contributed by atoms with van der Waals surface area (Å²) in [4.78, 5) is 12.4. The minimum atomic E-state index is -0.701. The molecule has 3 N–H and O–H groups in total. The average molecular weight is 365 g/mol. The Kier molecular flexibility index (Phi) is 7.74. The second kappa shape index (κ2) is 9.30. The van der Waals surface area contributed by atoms with Gasteiger partial charge in [0.1, 0.15) is 6.04 Å². The van der Waals surface area contributed by atoms with Gasteiger partial charge in [-0.25, -0.2) is 0 Å². The molecule has 0 heterocycles. The Morgan fingerprint density at radius 2 is 1.56 bits per heavy atom. The summed E-state index contributed by atoms with van der Waals surface area (Å²) in [5.74, 6) is 1.05. The van der Waals surface area contributed by atoms with E-state index in [2.05, 4.69) is 5.32 Å². The Morgan fingerprint density at radius 1 is 1.00 bits per heavy atom. The van der Waals surface area contributed by atoms with Crippen molar-refractivity contribution in [1.82, 2.24) is 5.32 Å². The first-order valence-corrected chi connectivity index (χ1v) is 7.80. The van der Waals surface area contributed by atoms with E-state index in [1.165, 1.54) is 0 Å². The SMILES string of the molecule is COc1ccc(C(C)NC(=O)C(N)c2ccc(C)cc2)cc1OC.Cl. The number of methoxy groups -OCH3 is 2. The number of halogens is 1. The minimum Gasteiger partial charge on any atom is -0.493 e. The number of rotatable bonds is 6. The van der Waals surface area contributed by atoms with Gasteiger partial charge in [0.25, 0.3) is 0 Å². The lowest BCUT2D eigenvalue weighted by molar-refractivity contribution is -0.123. The third kappa shape index (κ3) is 5.11. The van der Waals surface area contributed by atoms with Gasteiger partial charge in [-0.05, 0) is 37.1 Å². The highest BCUT2D eigenvalue weighted by atomic mass is 35.5. The summed E-state index contributed by atoms with van der Waals surface area (Å²) < 4.78 is 10.5. The molecule has 2 rings (SSSR count). The van der Waals surface area contributed by atoms with Crippen LogP contribution in [0.4, 0.5) is 0 Å². The second-order valence-corrected chi connectivity index (χ2v) is 5.73. The molecule has 0 bridgehead atoms. The minimum absolute atomic E-state index is 0. The van der Waals surface area contributed by atoms with Gasteiger partial charge in [0, 0.05) is 0 Å². The summed E-state index contributed by atoms with van der Waals surface area (Å²) in [5.41, 5.74) is 8.89. The maximum absolute atomic E-state index is 12.4. The van der Waals surface area contributed by atoms with E-state index in [1.54, 1.807) is 14.2 Å². The van der Waals surface area contributed by atoms with Crippen LogP contribution < -0.4 is 20.5 Å². The average Bonchev–Trinajstić information content (AvgIpc) is 2.60. The molecule has 6 heteroatoms.